The Kier molecular flexibility index (Phi) is 15.5. The molecule has 0 aliphatic heterocycles. The summed E-state index contributed by atoms with van der Waals surface area (Å²) in [7, 11) is 0. The van der Waals surface area contributed by atoms with E-state index in [2.05, 4.69) is 64.2 Å². The Labute approximate surface area is 187 Å². The first-order valence-corrected chi connectivity index (χ1v) is 12.7. The third-order valence-corrected chi connectivity index (χ3v) is 6.26. The van der Waals surface area contributed by atoms with Gasteiger partial charge in [0.2, 0.25) is 0 Å². The summed E-state index contributed by atoms with van der Waals surface area (Å²) in [6.07, 6.45) is 28.0. The van der Waals surface area contributed by atoms with E-state index < -0.39 is 0 Å². The highest BCUT2D eigenvalue weighted by atomic mass is 16.5. The van der Waals surface area contributed by atoms with Crippen molar-refractivity contribution in [3.63, 3.8) is 0 Å². The number of hydrogen-bond donors (Lipinski definition) is 0. The van der Waals surface area contributed by atoms with Gasteiger partial charge in [0.1, 0.15) is 6.10 Å². The summed E-state index contributed by atoms with van der Waals surface area (Å²) in [4.78, 5) is 12.3. The number of allylic oxidation sites excluding steroid dienone is 6. The molecule has 0 N–H and O–H groups in total. The number of carbonyl (C=O) groups excluding carboxylic acids is 1. The number of ether oxygens (including phenoxy) is 1. The molecule has 1 saturated carbocycles. The molecule has 0 bridgehead atoms. The van der Waals surface area contributed by atoms with Crippen LogP contribution in [0, 0.1) is 17.8 Å². The number of rotatable bonds is 15. The van der Waals surface area contributed by atoms with Crippen LogP contribution in [-0.2, 0) is 9.53 Å². The summed E-state index contributed by atoms with van der Waals surface area (Å²) >= 11 is 0. The van der Waals surface area contributed by atoms with Gasteiger partial charge in [-0.25, -0.2) is 0 Å². The SMILES string of the molecule is CCCCC/C=C\C/C=C\C/C=C\CCCCC(=O)O[C@@H]1C[C@H](C)CC[C@H]1C(C)C. The lowest BCUT2D eigenvalue weighted by atomic mass is 9.75. The maximum atomic E-state index is 12.3. The van der Waals surface area contributed by atoms with E-state index in [0.29, 0.717) is 24.2 Å². The smallest absolute Gasteiger partial charge is 0.306 e. The summed E-state index contributed by atoms with van der Waals surface area (Å²) in [5, 5.41) is 0. The van der Waals surface area contributed by atoms with Crippen LogP contribution in [0.5, 0.6) is 0 Å². The van der Waals surface area contributed by atoms with Gasteiger partial charge in [0, 0.05) is 6.42 Å². The summed E-state index contributed by atoms with van der Waals surface area (Å²) in [6.45, 7) is 9.04. The molecule has 30 heavy (non-hydrogen) atoms. The van der Waals surface area contributed by atoms with E-state index in [1.54, 1.807) is 0 Å². The minimum atomic E-state index is 0.00871. The Hall–Kier alpha value is -1.31. The van der Waals surface area contributed by atoms with Gasteiger partial charge in [0.15, 0.2) is 0 Å². The molecule has 0 amide bonds. The number of unbranched alkanes of at least 4 members (excludes halogenated alkanes) is 5. The molecule has 0 saturated heterocycles. The summed E-state index contributed by atoms with van der Waals surface area (Å²) in [6, 6.07) is 0. The van der Waals surface area contributed by atoms with E-state index in [9.17, 15) is 4.79 Å². The highest BCUT2D eigenvalue weighted by molar-refractivity contribution is 5.69. The van der Waals surface area contributed by atoms with Gasteiger partial charge in [0.25, 0.3) is 0 Å². The molecule has 0 aromatic heterocycles. The van der Waals surface area contributed by atoms with Crippen molar-refractivity contribution >= 4 is 5.97 Å². The van der Waals surface area contributed by atoms with Crippen molar-refractivity contribution in [2.24, 2.45) is 17.8 Å². The van der Waals surface area contributed by atoms with Crippen molar-refractivity contribution < 1.29 is 9.53 Å². The van der Waals surface area contributed by atoms with Gasteiger partial charge in [0.05, 0.1) is 0 Å². The Bertz CT molecular complexity index is 515. The molecule has 1 rings (SSSR count). The van der Waals surface area contributed by atoms with Crippen molar-refractivity contribution in [3.8, 4) is 0 Å². The predicted molar refractivity (Wildman–Crippen MR) is 130 cm³/mol. The molecule has 0 spiro atoms. The lowest BCUT2D eigenvalue weighted by molar-refractivity contribution is -0.156. The lowest BCUT2D eigenvalue weighted by Gasteiger charge is -2.36. The summed E-state index contributed by atoms with van der Waals surface area (Å²) in [5.41, 5.74) is 0. The zero-order valence-corrected chi connectivity index (χ0v) is 20.3. The van der Waals surface area contributed by atoms with Crippen LogP contribution in [0.2, 0.25) is 0 Å². The normalized spacial score (nSPS) is 22.6. The molecule has 3 atom stereocenters. The third-order valence-electron chi connectivity index (χ3n) is 6.26. The molecule has 1 aliphatic carbocycles. The average Bonchev–Trinajstić information content (AvgIpc) is 2.70. The maximum absolute atomic E-state index is 12.3. The number of hydrogen-bond acceptors (Lipinski definition) is 2. The topological polar surface area (TPSA) is 26.3 Å². The van der Waals surface area contributed by atoms with Crippen molar-refractivity contribution in [1.29, 1.82) is 0 Å². The molecular formula is C28H48O2. The lowest BCUT2D eigenvalue weighted by Crippen LogP contribution is -2.35. The van der Waals surface area contributed by atoms with Crippen molar-refractivity contribution in [3.05, 3.63) is 36.5 Å². The molecule has 0 aromatic carbocycles. The van der Waals surface area contributed by atoms with Crippen LogP contribution in [0.3, 0.4) is 0 Å². The fraction of sp³-hybridized carbons (Fsp3) is 0.750. The highest BCUT2D eigenvalue weighted by Crippen LogP contribution is 2.35. The van der Waals surface area contributed by atoms with Crippen LogP contribution < -0.4 is 0 Å². The average molecular weight is 417 g/mol. The van der Waals surface area contributed by atoms with Crippen LogP contribution in [-0.4, -0.2) is 12.1 Å². The van der Waals surface area contributed by atoms with Gasteiger partial charge in [-0.2, -0.15) is 0 Å². The minimum absolute atomic E-state index is 0.00871. The van der Waals surface area contributed by atoms with Gasteiger partial charge < -0.3 is 4.74 Å². The third kappa shape index (κ3) is 13.1. The van der Waals surface area contributed by atoms with Crippen LogP contribution in [0.1, 0.15) is 111 Å². The van der Waals surface area contributed by atoms with E-state index >= 15 is 0 Å². The fourth-order valence-electron chi connectivity index (χ4n) is 4.30. The van der Waals surface area contributed by atoms with E-state index in [4.69, 9.17) is 4.74 Å². The van der Waals surface area contributed by atoms with Gasteiger partial charge in [-0.15, -0.1) is 0 Å². The second-order valence-electron chi connectivity index (χ2n) is 9.48. The van der Waals surface area contributed by atoms with E-state index in [1.165, 1.54) is 38.5 Å². The van der Waals surface area contributed by atoms with E-state index in [1.807, 2.05) is 0 Å². The molecule has 2 nitrogen and oxygen atoms in total. The summed E-state index contributed by atoms with van der Waals surface area (Å²) < 4.78 is 5.88. The van der Waals surface area contributed by atoms with Crippen LogP contribution in [0.15, 0.2) is 36.5 Å². The quantitative estimate of drug-likeness (QED) is 0.152. The molecule has 0 radical (unpaired) electrons. The summed E-state index contributed by atoms with van der Waals surface area (Å²) in [5.74, 6) is 1.82. The Morgan fingerprint density at radius 3 is 2.10 bits per heavy atom. The Morgan fingerprint density at radius 1 is 0.900 bits per heavy atom. The van der Waals surface area contributed by atoms with Crippen LogP contribution in [0.4, 0.5) is 0 Å². The van der Waals surface area contributed by atoms with Crippen molar-refractivity contribution in [2.75, 3.05) is 0 Å². The second kappa shape index (κ2) is 17.4. The largest absolute Gasteiger partial charge is 0.462 e. The van der Waals surface area contributed by atoms with Crippen LogP contribution >= 0.6 is 0 Å². The van der Waals surface area contributed by atoms with Crippen molar-refractivity contribution in [2.45, 2.75) is 117 Å². The van der Waals surface area contributed by atoms with Gasteiger partial charge >= 0.3 is 5.97 Å². The number of esters is 1. The second-order valence-corrected chi connectivity index (χ2v) is 9.48. The fourth-order valence-corrected chi connectivity index (χ4v) is 4.30. The van der Waals surface area contributed by atoms with Gasteiger partial charge in [-0.3, -0.25) is 4.79 Å². The molecule has 0 aromatic rings. The minimum Gasteiger partial charge on any atom is -0.462 e. The van der Waals surface area contributed by atoms with Gasteiger partial charge in [-0.05, 0) is 75.5 Å². The highest BCUT2D eigenvalue weighted by Gasteiger charge is 2.33. The zero-order chi connectivity index (χ0) is 22.0. The molecule has 2 heteroatoms. The molecule has 172 valence electrons. The van der Waals surface area contributed by atoms with Crippen LogP contribution in [0.25, 0.3) is 0 Å². The van der Waals surface area contributed by atoms with E-state index in [-0.39, 0.29) is 12.1 Å². The van der Waals surface area contributed by atoms with Crippen molar-refractivity contribution in [1.82, 2.24) is 0 Å². The molecule has 1 fully saturated rings. The Morgan fingerprint density at radius 2 is 1.50 bits per heavy atom. The Balaban J connectivity index is 2.06. The molecule has 0 heterocycles. The number of carbonyl (C=O) groups is 1. The molecule has 0 unspecified atom stereocenters. The molecular weight excluding hydrogens is 368 g/mol. The molecule has 1 aliphatic rings. The van der Waals surface area contributed by atoms with Gasteiger partial charge in [-0.1, -0.05) is 83.4 Å². The first kappa shape index (κ1) is 26.7. The van der Waals surface area contributed by atoms with E-state index in [0.717, 1.165) is 38.5 Å². The standard InChI is InChI=1S/C28H48O2/c1-5-6-7-8-9-10-11-12-13-14-15-16-17-18-19-20-28(29)30-27-23-25(4)21-22-26(27)24(2)3/h9-10,12-13,15-16,24-27H,5-8,11,14,17-23H2,1-4H3/b10-9-,13-12-,16-15-/t25-,26+,27-/m1/s1. The monoisotopic (exact) mass is 416 g/mol. The first-order valence-electron chi connectivity index (χ1n) is 12.7. The predicted octanol–water partition coefficient (Wildman–Crippen LogP) is 8.58. The first-order chi connectivity index (χ1) is 14.5. The maximum Gasteiger partial charge on any atom is 0.306 e. The zero-order valence-electron chi connectivity index (χ0n) is 20.3.